The molecule has 4 atom stereocenters. The highest BCUT2D eigenvalue weighted by Gasteiger charge is 2.83. The first-order valence-electron chi connectivity index (χ1n) is 16.1. The molecule has 2 saturated heterocycles. The molecule has 3 aliphatic rings. The van der Waals surface area contributed by atoms with Crippen LogP contribution in [-0.4, -0.2) is 79.0 Å². The van der Waals surface area contributed by atoms with Crippen LogP contribution in [0.3, 0.4) is 0 Å². The molecular formula is C37H38N2O11. The van der Waals surface area contributed by atoms with Gasteiger partial charge in [0.2, 0.25) is 5.72 Å². The third kappa shape index (κ3) is 5.97. The number of fused-ring (bicyclic) bond motifs is 5. The van der Waals surface area contributed by atoms with E-state index in [4.69, 9.17) is 28.4 Å². The summed E-state index contributed by atoms with van der Waals surface area (Å²) in [7, 11) is 1.23. The minimum absolute atomic E-state index is 0.0312. The van der Waals surface area contributed by atoms with Gasteiger partial charge in [-0.25, -0.2) is 14.4 Å². The largest absolute Gasteiger partial charge is 0.508 e. The summed E-state index contributed by atoms with van der Waals surface area (Å²) in [5.41, 5.74) is -2.68. The lowest BCUT2D eigenvalue weighted by molar-refractivity contribution is -0.169. The maximum Gasteiger partial charge on any atom is 0.508 e. The van der Waals surface area contributed by atoms with Crippen molar-refractivity contribution in [3.8, 4) is 5.75 Å². The molecule has 0 aromatic heterocycles. The summed E-state index contributed by atoms with van der Waals surface area (Å²) in [6.45, 7) is 5.68. The number of benzene rings is 3. The van der Waals surface area contributed by atoms with Gasteiger partial charge in [-0.05, 0) is 44.0 Å². The van der Waals surface area contributed by atoms with Gasteiger partial charge in [0.1, 0.15) is 43.5 Å². The Balaban J connectivity index is 1.48. The molecule has 1 unspecified atom stereocenters. The lowest BCUT2D eigenvalue weighted by Crippen LogP contribution is -2.66. The number of piperazine rings is 1. The van der Waals surface area contributed by atoms with Crippen LogP contribution in [-0.2, 0) is 51.9 Å². The highest BCUT2D eigenvalue weighted by Crippen LogP contribution is 2.65. The Bertz CT molecular complexity index is 1810. The predicted octanol–water partition coefficient (Wildman–Crippen LogP) is 4.92. The van der Waals surface area contributed by atoms with Crippen molar-refractivity contribution in [2.24, 2.45) is 0 Å². The number of carbonyl (C=O) groups excluding carboxylic acids is 5. The third-order valence-electron chi connectivity index (χ3n) is 8.94. The van der Waals surface area contributed by atoms with Crippen LogP contribution >= 0.6 is 0 Å². The van der Waals surface area contributed by atoms with E-state index in [1.165, 1.54) is 31.1 Å². The number of nitrogens with zero attached hydrogens (tertiary/aromatic N) is 2. The zero-order chi connectivity index (χ0) is 35.8. The normalized spacial score (nSPS) is 22.7. The van der Waals surface area contributed by atoms with E-state index in [9.17, 15) is 24.0 Å². The molecule has 0 N–H and O–H groups in total. The van der Waals surface area contributed by atoms with Crippen LogP contribution in [0, 0.1) is 0 Å². The molecule has 0 spiro atoms. The number of hydrogen-bond acceptors (Lipinski definition) is 12. The Morgan fingerprint density at radius 3 is 2.14 bits per heavy atom. The average molecular weight is 687 g/mol. The van der Waals surface area contributed by atoms with Crippen molar-refractivity contribution < 1.29 is 52.4 Å². The second-order valence-corrected chi connectivity index (χ2v) is 13.3. The minimum Gasteiger partial charge on any atom is -0.488 e. The van der Waals surface area contributed by atoms with Crippen LogP contribution < -0.4 is 9.64 Å². The molecule has 0 aliphatic carbocycles. The predicted molar refractivity (Wildman–Crippen MR) is 176 cm³/mol. The Labute approximate surface area is 288 Å². The zero-order valence-corrected chi connectivity index (χ0v) is 28.4. The first-order valence-corrected chi connectivity index (χ1v) is 16.1. The standard InChI is InChI=1S/C37H38N2O11/c1-23(41)49-37-31-28(39(31)33(43)50-35(2,3)4)18-38(37)27-16-26(32(42)45-5)17-29(46-19-24-12-8-6-9-13-24)30(27)36(37,21-40)22-48-34(44)47-20-25-14-10-7-11-15-25/h6-17,21,28,31H,18-20,22H2,1-5H3/t28-,31-,36-,37?,39?/m0/s1. The number of anilines is 1. The van der Waals surface area contributed by atoms with Crippen LogP contribution in [0.15, 0.2) is 72.8 Å². The van der Waals surface area contributed by atoms with Gasteiger partial charge in [-0.1, -0.05) is 60.7 Å². The Morgan fingerprint density at radius 2 is 1.56 bits per heavy atom. The number of carbonyl (C=O) groups is 5. The van der Waals surface area contributed by atoms with Crippen molar-refractivity contribution in [3.63, 3.8) is 0 Å². The van der Waals surface area contributed by atoms with Crippen LogP contribution in [0.2, 0.25) is 0 Å². The summed E-state index contributed by atoms with van der Waals surface area (Å²) in [5.74, 6) is -1.36. The van der Waals surface area contributed by atoms with E-state index in [0.29, 0.717) is 17.5 Å². The summed E-state index contributed by atoms with van der Waals surface area (Å²) < 4.78 is 34.3. The fourth-order valence-electron chi connectivity index (χ4n) is 6.98. The smallest absolute Gasteiger partial charge is 0.488 e. The van der Waals surface area contributed by atoms with Gasteiger partial charge in [0.25, 0.3) is 0 Å². The Morgan fingerprint density at radius 1 is 0.920 bits per heavy atom. The van der Waals surface area contributed by atoms with Crippen molar-refractivity contribution in [1.29, 1.82) is 0 Å². The molecule has 0 saturated carbocycles. The molecule has 3 heterocycles. The van der Waals surface area contributed by atoms with Gasteiger partial charge in [0.15, 0.2) is 5.41 Å². The average Bonchev–Trinajstić information content (AvgIpc) is 3.66. The monoisotopic (exact) mass is 686 g/mol. The zero-order valence-electron chi connectivity index (χ0n) is 28.4. The molecule has 262 valence electrons. The fraction of sp³-hybridized carbons (Fsp3) is 0.378. The summed E-state index contributed by atoms with van der Waals surface area (Å²) in [5, 5.41) is 0. The minimum atomic E-state index is -1.99. The van der Waals surface area contributed by atoms with Crippen molar-refractivity contribution in [2.45, 2.75) is 69.7 Å². The van der Waals surface area contributed by atoms with Gasteiger partial charge in [0, 0.05) is 24.7 Å². The van der Waals surface area contributed by atoms with Crippen LogP contribution in [0.1, 0.15) is 54.7 Å². The number of ether oxygens (including phenoxy) is 6. The summed E-state index contributed by atoms with van der Waals surface area (Å²) in [6, 6.07) is 19.6. The van der Waals surface area contributed by atoms with Crippen LogP contribution in [0.4, 0.5) is 15.3 Å². The first kappa shape index (κ1) is 34.3. The SMILES string of the molecule is COC(=O)c1cc(OCc2ccccc2)c2c(c1)N1C[C@H]3[C@H](N3C(=O)OC(C)(C)C)C1(OC(C)=O)[C@@]2(C=O)COC(=O)OCc1ccccc1. The van der Waals surface area contributed by atoms with E-state index in [2.05, 4.69) is 0 Å². The number of hydrogen-bond donors (Lipinski definition) is 0. The van der Waals surface area contributed by atoms with Gasteiger partial charge in [-0.2, -0.15) is 0 Å². The summed E-state index contributed by atoms with van der Waals surface area (Å²) in [4.78, 5) is 69.5. The molecule has 3 aromatic rings. The molecule has 0 bridgehead atoms. The number of methoxy groups -OCH3 is 1. The molecule has 50 heavy (non-hydrogen) atoms. The molecule has 1 amide bonds. The van der Waals surface area contributed by atoms with Gasteiger partial charge < -0.3 is 38.1 Å². The summed E-state index contributed by atoms with van der Waals surface area (Å²) >= 11 is 0. The van der Waals surface area contributed by atoms with E-state index in [1.807, 2.05) is 36.4 Å². The fourth-order valence-corrected chi connectivity index (χ4v) is 6.98. The molecule has 2 fully saturated rings. The third-order valence-corrected chi connectivity index (χ3v) is 8.94. The maximum atomic E-state index is 13.9. The highest BCUT2D eigenvalue weighted by atomic mass is 16.7. The Hall–Kier alpha value is -5.59. The van der Waals surface area contributed by atoms with E-state index in [-0.39, 0.29) is 36.6 Å². The van der Waals surface area contributed by atoms with Crippen molar-refractivity contribution in [1.82, 2.24) is 4.90 Å². The van der Waals surface area contributed by atoms with Crippen molar-refractivity contribution >= 4 is 36.2 Å². The molecule has 13 nitrogen and oxygen atoms in total. The Kier molecular flexibility index (Phi) is 8.93. The van der Waals surface area contributed by atoms with Gasteiger partial charge in [-0.3, -0.25) is 9.69 Å². The molecule has 13 heteroatoms. The lowest BCUT2D eigenvalue weighted by Gasteiger charge is -2.44. The van der Waals surface area contributed by atoms with E-state index in [1.54, 1.807) is 49.9 Å². The second-order valence-electron chi connectivity index (χ2n) is 13.3. The van der Waals surface area contributed by atoms with E-state index < -0.39 is 59.6 Å². The van der Waals surface area contributed by atoms with Gasteiger partial charge >= 0.3 is 24.2 Å². The lowest BCUT2D eigenvalue weighted by atomic mass is 9.73. The number of rotatable bonds is 10. The van der Waals surface area contributed by atoms with Crippen molar-refractivity contribution in [3.05, 3.63) is 95.1 Å². The molecule has 3 aromatic carbocycles. The highest BCUT2D eigenvalue weighted by molar-refractivity contribution is 5.96. The van der Waals surface area contributed by atoms with E-state index in [0.717, 1.165) is 5.56 Å². The number of amides is 1. The molecule has 0 radical (unpaired) electrons. The van der Waals surface area contributed by atoms with Crippen LogP contribution in [0.5, 0.6) is 5.75 Å². The quantitative estimate of drug-likeness (QED) is 0.123. The van der Waals surface area contributed by atoms with E-state index >= 15 is 0 Å². The molecule has 3 aliphatic heterocycles. The second kappa shape index (κ2) is 13.0. The van der Waals surface area contributed by atoms with Crippen molar-refractivity contribution in [2.75, 3.05) is 25.2 Å². The van der Waals surface area contributed by atoms with Gasteiger partial charge in [0.05, 0.1) is 18.7 Å². The molecule has 6 rings (SSSR count). The number of esters is 2. The van der Waals surface area contributed by atoms with Crippen LogP contribution in [0.25, 0.3) is 0 Å². The molecular weight excluding hydrogens is 648 g/mol. The first-order chi connectivity index (χ1) is 23.8. The van der Waals surface area contributed by atoms with Gasteiger partial charge in [-0.15, -0.1) is 0 Å². The summed E-state index contributed by atoms with van der Waals surface area (Å²) in [6.07, 6.45) is -1.21. The maximum absolute atomic E-state index is 13.9. The number of aldehydes is 1. The topological polar surface area (TPSA) is 147 Å².